The molecule has 6 heteroatoms. The third-order valence-electron chi connectivity index (χ3n) is 6.00. The highest BCUT2D eigenvalue weighted by molar-refractivity contribution is 6.02. The lowest BCUT2D eigenvalue weighted by molar-refractivity contribution is -0.117. The zero-order chi connectivity index (χ0) is 20.5. The van der Waals surface area contributed by atoms with Crippen LogP contribution in [0.5, 0.6) is 0 Å². The Morgan fingerprint density at radius 1 is 1.00 bits per heavy atom. The van der Waals surface area contributed by atoms with Gasteiger partial charge in [0.1, 0.15) is 0 Å². The molecular weight excluding hydrogens is 366 g/mol. The van der Waals surface area contributed by atoms with Crippen LogP contribution in [-0.4, -0.2) is 43.2 Å². The largest absolute Gasteiger partial charge is 0.478 e. The molecule has 1 amide bonds. The van der Waals surface area contributed by atoms with Gasteiger partial charge in [-0.2, -0.15) is 0 Å². The number of rotatable bonds is 5. The first-order valence-electron chi connectivity index (χ1n) is 10.2. The number of hydrogen-bond acceptors (Lipinski definition) is 4. The van der Waals surface area contributed by atoms with Gasteiger partial charge in [0, 0.05) is 43.5 Å². The van der Waals surface area contributed by atoms with Crippen molar-refractivity contribution < 1.29 is 14.7 Å². The molecule has 1 aliphatic heterocycles. The van der Waals surface area contributed by atoms with Gasteiger partial charge in [0.05, 0.1) is 11.3 Å². The van der Waals surface area contributed by atoms with Crippen molar-refractivity contribution in [3.63, 3.8) is 0 Å². The van der Waals surface area contributed by atoms with Gasteiger partial charge in [-0.05, 0) is 62.1 Å². The van der Waals surface area contributed by atoms with Gasteiger partial charge in [0.15, 0.2) is 0 Å². The van der Waals surface area contributed by atoms with Crippen molar-refractivity contribution in [3.05, 3.63) is 53.1 Å². The summed E-state index contributed by atoms with van der Waals surface area (Å²) < 4.78 is 0. The predicted octanol–water partition coefficient (Wildman–Crippen LogP) is 3.68. The summed E-state index contributed by atoms with van der Waals surface area (Å²) in [7, 11) is 0. The normalized spacial score (nSPS) is 16.6. The molecule has 6 nitrogen and oxygen atoms in total. The molecule has 1 aliphatic carbocycles. The van der Waals surface area contributed by atoms with Gasteiger partial charge in [-0.3, -0.25) is 4.79 Å². The maximum Gasteiger partial charge on any atom is 0.337 e. The van der Waals surface area contributed by atoms with Crippen molar-refractivity contribution in [2.75, 3.05) is 41.3 Å². The molecule has 29 heavy (non-hydrogen) atoms. The average molecular weight is 393 g/mol. The van der Waals surface area contributed by atoms with Gasteiger partial charge in [0.25, 0.3) is 0 Å². The summed E-state index contributed by atoms with van der Waals surface area (Å²) in [5.41, 5.74) is 5.28. The van der Waals surface area contributed by atoms with E-state index in [2.05, 4.69) is 47.2 Å². The SMILES string of the molecule is Cc1cccc(N2CCN(c3ccc(NC(=O)C4CC4)c(C(=O)O)c3)CC2)c1C. The summed E-state index contributed by atoms with van der Waals surface area (Å²) in [6.07, 6.45) is 1.77. The summed E-state index contributed by atoms with van der Waals surface area (Å²) in [6.45, 7) is 7.69. The van der Waals surface area contributed by atoms with Crippen molar-refractivity contribution >= 4 is 28.9 Å². The Morgan fingerprint density at radius 2 is 1.69 bits per heavy atom. The Kier molecular flexibility index (Phi) is 5.18. The van der Waals surface area contributed by atoms with Gasteiger partial charge in [-0.25, -0.2) is 4.79 Å². The molecule has 2 aliphatic rings. The number of carbonyl (C=O) groups is 2. The fourth-order valence-corrected chi connectivity index (χ4v) is 3.88. The van der Waals surface area contributed by atoms with E-state index in [1.54, 1.807) is 12.1 Å². The molecule has 0 aromatic heterocycles. The van der Waals surface area contributed by atoms with E-state index in [1.807, 2.05) is 6.07 Å². The van der Waals surface area contributed by atoms with E-state index in [-0.39, 0.29) is 17.4 Å². The number of aromatic carboxylic acids is 1. The number of amides is 1. The van der Waals surface area contributed by atoms with Crippen molar-refractivity contribution in [2.24, 2.45) is 5.92 Å². The zero-order valence-corrected chi connectivity index (χ0v) is 16.9. The zero-order valence-electron chi connectivity index (χ0n) is 16.9. The minimum Gasteiger partial charge on any atom is -0.478 e. The smallest absolute Gasteiger partial charge is 0.337 e. The number of piperazine rings is 1. The molecule has 0 atom stereocenters. The van der Waals surface area contributed by atoms with Gasteiger partial charge in [0.2, 0.25) is 5.91 Å². The molecule has 4 rings (SSSR count). The number of benzene rings is 2. The lowest BCUT2D eigenvalue weighted by Gasteiger charge is -2.38. The van der Waals surface area contributed by atoms with E-state index in [9.17, 15) is 14.7 Å². The van der Waals surface area contributed by atoms with Crippen LogP contribution in [0.2, 0.25) is 0 Å². The fourth-order valence-electron chi connectivity index (χ4n) is 3.88. The maximum atomic E-state index is 12.0. The van der Waals surface area contributed by atoms with Crippen LogP contribution in [0.1, 0.15) is 34.3 Å². The standard InChI is InChI=1S/C23H27N3O3/c1-15-4-3-5-21(16(15)2)26-12-10-25(11-13-26)18-8-9-20(19(14-18)23(28)29)24-22(27)17-6-7-17/h3-5,8-9,14,17H,6-7,10-13H2,1-2H3,(H,24,27)(H,28,29). The van der Waals surface area contributed by atoms with Crippen LogP contribution in [0.3, 0.4) is 0 Å². The molecule has 1 heterocycles. The summed E-state index contributed by atoms with van der Waals surface area (Å²) in [5.74, 6) is -1.07. The van der Waals surface area contributed by atoms with Crippen molar-refractivity contribution in [2.45, 2.75) is 26.7 Å². The minimum atomic E-state index is -1.02. The number of nitrogens with zero attached hydrogens (tertiary/aromatic N) is 2. The average Bonchev–Trinajstić information content (AvgIpc) is 3.56. The molecule has 2 N–H and O–H groups in total. The highest BCUT2D eigenvalue weighted by atomic mass is 16.4. The second-order valence-electron chi connectivity index (χ2n) is 7.99. The number of hydrogen-bond donors (Lipinski definition) is 2. The van der Waals surface area contributed by atoms with Crippen LogP contribution in [0, 0.1) is 19.8 Å². The number of nitrogens with one attached hydrogen (secondary N) is 1. The third-order valence-corrected chi connectivity index (χ3v) is 6.00. The molecular formula is C23H27N3O3. The molecule has 1 saturated heterocycles. The number of carboxylic acids is 1. The van der Waals surface area contributed by atoms with Crippen LogP contribution < -0.4 is 15.1 Å². The second kappa shape index (κ2) is 7.78. The monoisotopic (exact) mass is 393 g/mol. The summed E-state index contributed by atoms with van der Waals surface area (Å²) in [5, 5.41) is 12.4. The molecule has 0 radical (unpaired) electrons. The predicted molar refractivity (Wildman–Crippen MR) is 115 cm³/mol. The molecule has 0 unspecified atom stereocenters. The summed E-state index contributed by atoms with van der Waals surface area (Å²) in [4.78, 5) is 28.4. The van der Waals surface area contributed by atoms with Crippen LogP contribution in [-0.2, 0) is 4.79 Å². The Balaban J connectivity index is 1.47. The molecule has 152 valence electrons. The highest BCUT2D eigenvalue weighted by Crippen LogP contribution is 2.32. The van der Waals surface area contributed by atoms with Crippen LogP contribution >= 0.6 is 0 Å². The molecule has 2 aromatic rings. The first kappa shape index (κ1) is 19.3. The van der Waals surface area contributed by atoms with E-state index >= 15 is 0 Å². The van der Waals surface area contributed by atoms with Gasteiger partial charge >= 0.3 is 5.97 Å². The van der Waals surface area contributed by atoms with E-state index < -0.39 is 5.97 Å². The Hall–Kier alpha value is -3.02. The number of anilines is 3. The van der Waals surface area contributed by atoms with Crippen molar-refractivity contribution in [1.29, 1.82) is 0 Å². The quantitative estimate of drug-likeness (QED) is 0.811. The Labute approximate surface area is 171 Å². The number of aryl methyl sites for hydroxylation is 1. The molecule has 2 fully saturated rings. The lowest BCUT2D eigenvalue weighted by atomic mass is 10.1. The minimum absolute atomic E-state index is 0.0366. The lowest BCUT2D eigenvalue weighted by Crippen LogP contribution is -2.46. The first-order chi connectivity index (χ1) is 13.9. The van der Waals surface area contributed by atoms with Gasteiger partial charge in [-0.1, -0.05) is 12.1 Å². The number of carbonyl (C=O) groups excluding carboxylic acids is 1. The second-order valence-corrected chi connectivity index (χ2v) is 7.99. The van der Waals surface area contributed by atoms with E-state index in [0.29, 0.717) is 5.69 Å². The summed E-state index contributed by atoms with van der Waals surface area (Å²) >= 11 is 0. The van der Waals surface area contributed by atoms with Crippen molar-refractivity contribution in [1.82, 2.24) is 0 Å². The van der Waals surface area contributed by atoms with E-state index in [0.717, 1.165) is 44.7 Å². The highest BCUT2D eigenvalue weighted by Gasteiger charge is 2.30. The van der Waals surface area contributed by atoms with Gasteiger partial charge in [-0.15, -0.1) is 0 Å². The fraction of sp³-hybridized carbons (Fsp3) is 0.391. The van der Waals surface area contributed by atoms with Crippen molar-refractivity contribution in [3.8, 4) is 0 Å². The van der Waals surface area contributed by atoms with Crippen LogP contribution in [0.15, 0.2) is 36.4 Å². The van der Waals surface area contributed by atoms with Gasteiger partial charge < -0.3 is 20.2 Å². The van der Waals surface area contributed by atoms with Crippen LogP contribution in [0.25, 0.3) is 0 Å². The maximum absolute atomic E-state index is 12.0. The van der Waals surface area contributed by atoms with E-state index in [1.165, 1.54) is 16.8 Å². The molecule has 0 bridgehead atoms. The molecule has 1 saturated carbocycles. The van der Waals surface area contributed by atoms with E-state index in [4.69, 9.17) is 0 Å². The number of carboxylic acid groups (broad SMARTS) is 1. The molecule has 2 aromatic carbocycles. The first-order valence-corrected chi connectivity index (χ1v) is 10.2. The third kappa shape index (κ3) is 4.06. The summed E-state index contributed by atoms with van der Waals surface area (Å²) in [6, 6.07) is 11.7. The Bertz CT molecular complexity index is 944. The Morgan fingerprint density at radius 3 is 2.34 bits per heavy atom. The molecule has 0 spiro atoms. The topological polar surface area (TPSA) is 72.9 Å². The van der Waals surface area contributed by atoms with Crippen LogP contribution in [0.4, 0.5) is 17.1 Å².